The fourth-order valence-electron chi connectivity index (χ4n) is 2.18. The van der Waals surface area contributed by atoms with Gasteiger partial charge in [-0.3, -0.25) is 0 Å². The molecule has 4 nitrogen and oxygen atoms in total. The molecule has 16 heavy (non-hydrogen) atoms. The molecule has 1 rings (SSSR count). The molecule has 0 saturated carbocycles. The van der Waals surface area contributed by atoms with Crippen LogP contribution in [0.5, 0.6) is 0 Å². The quantitative estimate of drug-likeness (QED) is 0.744. The molecule has 0 N–H and O–H groups in total. The van der Waals surface area contributed by atoms with Gasteiger partial charge in [-0.15, -0.1) is 0 Å². The van der Waals surface area contributed by atoms with Crippen LogP contribution < -0.4 is 0 Å². The predicted molar refractivity (Wildman–Crippen MR) is 66.4 cm³/mol. The van der Waals surface area contributed by atoms with Gasteiger partial charge in [-0.2, -0.15) is 17.0 Å². The molecule has 1 heterocycles. The second-order valence-corrected chi connectivity index (χ2v) is 7.97. The maximum absolute atomic E-state index is 11.9. The Balaban J connectivity index is 2.63. The number of piperidine rings is 1. The summed E-state index contributed by atoms with van der Waals surface area (Å²) in [5.74, 6) is 0.626. The fourth-order valence-corrected chi connectivity index (χ4v) is 3.32. The molecule has 0 radical (unpaired) electrons. The van der Waals surface area contributed by atoms with E-state index in [-0.39, 0.29) is 5.41 Å². The maximum Gasteiger partial charge on any atom is 0.281 e. The molecule has 5 heteroatoms. The minimum absolute atomic E-state index is 0.286. The molecule has 0 atom stereocenters. The number of hydrogen-bond donors (Lipinski definition) is 0. The zero-order valence-electron chi connectivity index (χ0n) is 11.0. The second kappa shape index (κ2) is 4.63. The summed E-state index contributed by atoms with van der Waals surface area (Å²) in [6.45, 7) is 8.00. The Bertz CT molecular complexity index is 322. The Hall–Kier alpha value is -0.130. The van der Waals surface area contributed by atoms with Crippen molar-refractivity contribution < 1.29 is 8.42 Å². The molecule has 1 aliphatic heterocycles. The Labute approximate surface area is 99.8 Å². The fraction of sp³-hybridized carbons (Fsp3) is 1.00. The van der Waals surface area contributed by atoms with E-state index in [0.717, 1.165) is 12.8 Å². The van der Waals surface area contributed by atoms with E-state index >= 15 is 0 Å². The molecule has 0 aromatic rings. The van der Waals surface area contributed by atoms with Gasteiger partial charge in [0.15, 0.2) is 0 Å². The molecule has 1 fully saturated rings. The van der Waals surface area contributed by atoms with Crippen molar-refractivity contribution >= 4 is 10.2 Å². The number of nitrogens with zero attached hydrogens (tertiary/aromatic N) is 2. The smallest absolute Gasteiger partial charge is 0.195 e. The molecule has 0 spiro atoms. The van der Waals surface area contributed by atoms with Crippen molar-refractivity contribution in [2.45, 2.75) is 33.6 Å². The molecule has 0 unspecified atom stereocenters. The third kappa shape index (κ3) is 2.96. The van der Waals surface area contributed by atoms with Crippen molar-refractivity contribution in [1.29, 1.82) is 0 Å². The molecule has 0 aliphatic carbocycles. The van der Waals surface area contributed by atoms with E-state index in [9.17, 15) is 8.42 Å². The van der Waals surface area contributed by atoms with Gasteiger partial charge >= 0.3 is 0 Å². The number of rotatable bonds is 2. The van der Waals surface area contributed by atoms with E-state index in [2.05, 4.69) is 20.8 Å². The minimum atomic E-state index is -3.20. The lowest BCUT2D eigenvalue weighted by Gasteiger charge is -2.38. The Kier molecular flexibility index (Phi) is 4.03. The normalized spacial score (nSPS) is 21.6. The van der Waals surface area contributed by atoms with E-state index in [1.54, 1.807) is 18.4 Å². The van der Waals surface area contributed by atoms with Gasteiger partial charge < -0.3 is 0 Å². The zero-order chi connectivity index (χ0) is 12.6. The lowest BCUT2D eigenvalue weighted by atomic mass is 9.76. The van der Waals surface area contributed by atoms with E-state index in [1.807, 2.05) is 0 Å². The summed E-state index contributed by atoms with van der Waals surface area (Å²) in [7, 11) is -0.0253. The third-order valence-electron chi connectivity index (χ3n) is 3.47. The van der Waals surface area contributed by atoms with Crippen molar-refractivity contribution in [2.24, 2.45) is 11.3 Å². The van der Waals surface area contributed by atoms with Crippen LogP contribution in [0.4, 0.5) is 0 Å². The van der Waals surface area contributed by atoms with E-state index in [0.29, 0.717) is 19.0 Å². The Morgan fingerprint density at radius 3 is 1.88 bits per heavy atom. The van der Waals surface area contributed by atoms with Crippen molar-refractivity contribution in [3.8, 4) is 0 Å². The standard InChI is InChI=1S/C11H24N2O2S/c1-11(2,3)10-6-8-13(9-7-10)16(14,15)12(4)5/h10H,6-9H2,1-5H3. The summed E-state index contributed by atoms with van der Waals surface area (Å²) in [4.78, 5) is 0. The van der Waals surface area contributed by atoms with Crippen LogP contribution in [-0.4, -0.2) is 44.2 Å². The van der Waals surface area contributed by atoms with E-state index < -0.39 is 10.2 Å². The topological polar surface area (TPSA) is 40.6 Å². The van der Waals surface area contributed by atoms with Gasteiger partial charge in [-0.25, -0.2) is 0 Å². The van der Waals surface area contributed by atoms with Gasteiger partial charge in [0, 0.05) is 27.2 Å². The Morgan fingerprint density at radius 1 is 1.12 bits per heavy atom. The van der Waals surface area contributed by atoms with Gasteiger partial charge in [-0.05, 0) is 24.2 Å². The molecule has 0 bridgehead atoms. The molecule has 0 aromatic carbocycles. The van der Waals surface area contributed by atoms with Crippen molar-refractivity contribution in [3.05, 3.63) is 0 Å². The highest BCUT2D eigenvalue weighted by molar-refractivity contribution is 7.86. The molecular formula is C11H24N2O2S. The van der Waals surface area contributed by atoms with E-state index in [1.165, 1.54) is 4.31 Å². The summed E-state index contributed by atoms with van der Waals surface area (Å²) >= 11 is 0. The summed E-state index contributed by atoms with van der Waals surface area (Å²) in [5.41, 5.74) is 0.286. The lowest BCUT2D eigenvalue weighted by Crippen LogP contribution is -2.46. The highest BCUT2D eigenvalue weighted by Gasteiger charge is 2.33. The molecule has 0 amide bonds. The molecule has 96 valence electrons. The van der Waals surface area contributed by atoms with Crippen LogP contribution in [0.3, 0.4) is 0 Å². The second-order valence-electron chi connectivity index (χ2n) is 5.83. The highest BCUT2D eigenvalue weighted by atomic mass is 32.2. The lowest BCUT2D eigenvalue weighted by molar-refractivity contribution is 0.151. The van der Waals surface area contributed by atoms with Crippen LogP contribution in [0.2, 0.25) is 0 Å². The average molecular weight is 248 g/mol. The summed E-state index contributed by atoms with van der Waals surface area (Å²) in [6.07, 6.45) is 1.94. The minimum Gasteiger partial charge on any atom is -0.195 e. The van der Waals surface area contributed by atoms with Gasteiger partial charge in [0.05, 0.1) is 0 Å². The first kappa shape index (κ1) is 13.9. The van der Waals surface area contributed by atoms with Gasteiger partial charge in [0.2, 0.25) is 0 Å². The first-order valence-electron chi connectivity index (χ1n) is 5.83. The van der Waals surface area contributed by atoms with Crippen LogP contribution >= 0.6 is 0 Å². The largest absolute Gasteiger partial charge is 0.281 e. The van der Waals surface area contributed by atoms with Gasteiger partial charge in [0.25, 0.3) is 10.2 Å². The van der Waals surface area contributed by atoms with E-state index in [4.69, 9.17) is 0 Å². The molecule has 0 aromatic heterocycles. The van der Waals surface area contributed by atoms with Gasteiger partial charge in [0.1, 0.15) is 0 Å². The first-order valence-corrected chi connectivity index (χ1v) is 7.23. The van der Waals surface area contributed by atoms with Crippen molar-refractivity contribution in [1.82, 2.24) is 8.61 Å². The van der Waals surface area contributed by atoms with Crippen LogP contribution in [0.15, 0.2) is 0 Å². The summed E-state index contributed by atoms with van der Waals surface area (Å²) in [5, 5.41) is 0. The summed E-state index contributed by atoms with van der Waals surface area (Å²) < 4.78 is 26.7. The Morgan fingerprint density at radius 2 is 1.56 bits per heavy atom. The van der Waals surface area contributed by atoms with Crippen LogP contribution in [0.25, 0.3) is 0 Å². The predicted octanol–water partition coefficient (Wildman–Crippen LogP) is 1.55. The molecule has 1 aliphatic rings. The monoisotopic (exact) mass is 248 g/mol. The maximum atomic E-state index is 11.9. The van der Waals surface area contributed by atoms with Crippen LogP contribution in [0, 0.1) is 11.3 Å². The van der Waals surface area contributed by atoms with Crippen molar-refractivity contribution in [3.63, 3.8) is 0 Å². The first-order chi connectivity index (χ1) is 7.15. The highest BCUT2D eigenvalue weighted by Crippen LogP contribution is 2.34. The van der Waals surface area contributed by atoms with Crippen molar-refractivity contribution in [2.75, 3.05) is 27.2 Å². The van der Waals surface area contributed by atoms with Crippen LogP contribution in [-0.2, 0) is 10.2 Å². The SMILES string of the molecule is CN(C)S(=O)(=O)N1CCC(C(C)(C)C)CC1. The molecule has 1 saturated heterocycles. The average Bonchev–Trinajstić information content (AvgIpc) is 2.16. The number of hydrogen-bond acceptors (Lipinski definition) is 2. The van der Waals surface area contributed by atoms with Gasteiger partial charge in [-0.1, -0.05) is 20.8 Å². The molecular weight excluding hydrogens is 224 g/mol. The third-order valence-corrected chi connectivity index (χ3v) is 5.41. The zero-order valence-corrected chi connectivity index (χ0v) is 11.8. The van der Waals surface area contributed by atoms with Crippen LogP contribution in [0.1, 0.15) is 33.6 Å². The summed E-state index contributed by atoms with van der Waals surface area (Å²) in [6, 6.07) is 0.